The normalized spacial score (nSPS) is 10.4. The minimum absolute atomic E-state index is 0.126. The van der Waals surface area contributed by atoms with Gasteiger partial charge in [-0.3, -0.25) is 9.59 Å². The molecule has 0 fully saturated rings. The molecule has 0 aromatic heterocycles. The number of anilines is 1. The van der Waals surface area contributed by atoms with Crippen molar-refractivity contribution in [1.29, 1.82) is 0 Å². The van der Waals surface area contributed by atoms with Gasteiger partial charge in [0.25, 0.3) is 0 Å². The summed E-state index contributed by atoms with van der Waals surface area (Å²) in [4.78, 5) is 25.5. The van der Waals surface area contributed by atoms with Gasteiger partial charge in [-0.2, -0.15) is 0 Å². The van der Waals surface area contributed by atoms with Crippen molar-refractivity contribution in [2.75, 3.05) is 11.4 Å². The summed E-state index contributed by atoms with van der Waals surface area (Å²) in [5.41, 5.74) is 2.59. The summed E-state index contributed by atoms with van der Waals surface area (Å²) >= 11 is 12.0. The van der Waals surface area contributed by atoms with E-state index in [2.05, 4.69) is 5.32 Å². The lowest BCUT2D eigenvalue weighted by atomic mass is 10.2. The Hall–Kier alpha value is -2.04. The lowest BCUT2D eigenvalue weighted by molar-refractivity contribution is -0.121. The van der Waals surface area contributed by atoms with Gasteiger partial charge in [0.05, 0.1) is 0 Å². The largest absolute Gasteiger partial charge is 0.352 e. The number of nitrogens with one attached hydrogen (secondary N) is 1. The Morgan fingerprint density at radius 2 is 1.76 bits per heavy atom. The second kappa shape index (κ2) is 8.88. The standard InChI is InChI=1S/C19H20Cl2N2O2/c1-13-3-8-17(11-18(13)21)23(14(2)24)10-9-19(25)22-12-15-4-6-16(20)7-5-15/h3-8,11H,9-10,12H2,1-2H3,(H,22,25). The third-order valence-electron chi connectivity index (χ3n) is 3.81. The Labute approximate surface area is 157 Å². The molecular formula is C19H20Cl2N2O2. The SMILES string of the molecule is CC(=O)N(CCC(=O)NCc1ccc(Cl)cc1)c1ccc(C)c(Cl)c1. The minimum Gasteiger partial charge on any atom is -0.352 e. The highest BCUT2D eigenvalue weighted by molar-refractivity contribution is 6.31. The van der Waals surface area contributed by atoms with E-state index in [0.29, 0.717) is 28.8 Å². The van der Waals surface area contributed by atoms with Crippen LogP contribution in [-0.2, 0) is 16.1 Å². The molecule has 2 amide bonds. The van der Waals surface area contributed by atoms with Gasteiger partial charge in [-0.15, -0.1) is 0 Å². The van der Waals surface area contributed by atoms with Gasteiger partial charge in [-0.05, 0) is 42.3 Å². The minimum atomic E-state index is -0.134. The zero-order valence-electron chi connectivity index (χ0n) is 14.2. The highest BCUT2D eigenvalue weighted by atomic mass is 35.5. The number of rotatable bonds is 6. The fourth-order valence-electron chi connectivity index (χ4n) is 2.32. The van der Waals surface area contributed by atoms with E-state index in [1.54, 1.807) is 23.1 Å². The quantitative estimate of drug-likeness (QED) is 0.811. The number of benzene rings is 2. The molecule has 132 valence electrons. The van der Waals surface area contributed by atoms with Gasteiger partial charge in [-0.25, -0.2) is 0 Å². The number of hydrogen-bond donors (Lipinski definition) is 1. The number of aryl methyl sites for hydroxylation is 1. The molecule has 0 bridgehead atoms. The van der Waals surface area contributed by atoms with Crippen LogP contribution in [0.1, 0.15) is 24.5 Å². The van der Waals surface area contributed by atoms with Gasteiger partial charge in [0.15, 0.2) is 0 Å². The molecule has 0 spiro atoms. The molecule has 25 heavy (non-hydrogen) atoms. The average Bonchev–Trinajstić information content (AvgIpc) is 2.57. The summed E-state index contributed by atoms with van der Waals surface area (Å²) < 4.78 is 0. The molecule has 0 unspecified atom stereocenters. The number of carbonyl (C=O) groups is 2. The molecule has 0 radical (unpaired) electrons. The Balaban J connectivity index is 1.91. The number of amides is 2. The van der Waals surface area contributed by atoms with Gasteiger partial charge in [0.2, 0.25) is 11.8 Å². The van der Waals surface area contributed by atoms with Crippen LogP contribution in [-0.4, -0.2) is 18.4 Å². The molecule has 6 heteroatoms. The van der Waals surface area contributed by atoms with Crippen LogP contribution < -0.4 is 10.2 Å². The molecule has 2 aromatic rings. The van der Waals surface area contributed by atoms with Crippen molar-refractivity contribution in [3.63, 3.8) is 0 Å². The third kappa shape index (κ3) is 5.76. The summed E-state index contributed by atoms with van der Waals surface area (Å²) in [5, 5.41) is 4.09. The molecular weight excluding hydrogens is 359 g/mol. The first kappa shape index (κ1) is 19.3. The molecule has 0 aliphatic rings. The van der Waals surface area contributed by atoms with Crippen LogP contribution in [0, 0.1) is 6.92 Å². The lowest BCUT2D eigenvalue weighted by Gasteiger charge is -2.21. The number of hydrogen-bond acceptors (Lipinski definition) is 2. The van der Waals surface area contributed by atoms with Crippen molar-refractivity contribution < 1.29 is 9.59 Å². The van der Waals surface area contributed by atoms with E-state index >= 15 is 0 Å². The van der Waals surface area contributed by atoms with Gasteiger partial charge < -0.3 is 10.2 Å². The smallest absolute Gasteiger partial charge is 0.223 e. The van der Waals surface area contributed by atoms with Crippen LogP contribution >= 0.6 is 23.2 Å². The molecule has 4 nitrogen and oxygen atoms in total. The number of halogens is 2. The summed E-state index contributed by atoms with van der Waals surface area (Å²) in [6, 6.07) is 12.7. The van der Waals surface area contributed by atoms with Gasteiger partial charge >= 0.3 is 0 Å². The predicted octanol–water partition coefficient (Wildman–Crippen LogP) is 4.36. The first-order valence-electron chi connectivity index (χ1n) is 7.92. The monoisotopic (exact) mass is 378 g/mol. The van der Waals surface area contributed by atoms with E-state index in [9.17, 15) is 9.59 Å². The van der Waals surface area contributed by atoms with Crippen LogP contribution in [0.4, 0.5) is 5.69 Å². The highest BCUT2D eigenvalue weighted by Crippen LogP contribution is 2.23. The van der Waals surface area contributed by atoms with Crippen molar-refractivity contribution >= 4 is 40.7 Å². The Morgan fingerprint density at radius 3 is 2.36 bits per heavy atom. The van der Waals surface area contributed by atoms with E-state index < -0.39 is 0 Å². The Morgan fingerprint density at radius 1 is 1.08 bits per heavy atom. The maximum atomic E-state index is 12.1. The Kier molecular flexibility index (Phi) is 6.85. The summed E-state index contributed by atoms with van der Waals surface area (Å²) in [5.74, 6) is -0.259. The van der Waals surface area contributed by atoms with Gasteiger partial charge in [0, 0.05) is 42.2 Å². The Bertz CT molecular complexity index is 761. The van der Waals surface area contributed by atoms with E-state index in [-0.39, 0.29) is 18.2 Å². The fraction of sp³-hybridized carbons (Fsp3) is 0.263. The average molecular weight is 379 g/mol. The van der Waals surface area contributed by atoms with Crippen LogP contribution in [0.25, 0.3) is 0 Å². The fourth-order valence-corrected chi connectivity index (χ4v) is 2.62. The molecule has 0 aliphatic carbocycles. The highest BCUT2D eigenvalue weighted by Gasteiger charge is 2.14. The molecule has 0 heterocycles. The van der Waals surface area contributed by atoms with E-state index in [1.807, 2.05) is 31.2 Å². The maximum absolute atomic E-state index is 12.1. The van der Waals surface area contributed by atoms with E-state index in [1.165, 1.54) is 6.92 Å². The molecule has 2 aromatic carbocycles. The second-order valence-electron chi connectivity index (χ2n) is 5.76. The summed E-state index contributed by atoms with van der Waals surface area (Å²) in [7, 11) is 0. The first-order chi connectivity index (χ1) is 11.9. The third-order valence-corrected chi connectivity index (χ3v) is 4.47. The molecule has 1 N–H and O–H groups in total. The predicted molar refractivity (Wildman–Crippen MR) is 102 cm³/mol. The summed E-state index contributed by atoms with van der Waals surface area (Å²) in [6.45, 7) is 4.08. The zero-order valence-corrected chi connectivity index (χ0v) is 15.7. The first-order valence-corrected chi connectivity index (χ1v) is 8.68. The van der Waals surface area contributed by atoms with Gasteiger partial charge in [0.1, 0.15) is 0 Å². The topological polar surface area (TPSA) is 49.4 Å². The van der Waals surface area contributed by atoms with Crippen LogP contribution in [0.3, 0.4) is 0 Å². The van der Waals surface area contributed by atoms with Crippen molar-refractivity contribution in [2.24, 2.45) is 0 Å². The van der Waals surface area contributed by atoms with Crippen LogP contribution in [0.15, 0.2) is 42.5 Å². The maximum Gasteiger partial charge on any atom is 0.223 e. The second-order valence-corrected chi connectivity index (χ2v) is 6.60. The number of nitrogens with zero attached hydrogens (tertiary/aromatic N) is 1. The van der Waals surface area contributed by atoms with Gasteiger partial charge in [-0.1, -0.05) is 41.4 Å². The zero-order chi connectivity index (χ0) is 18.4. The lowest BCUT2D eigenvalue weighted by Crippen LogP contribution is -2.33. The molecule has 0 atom stereocenters. The van der Waals surface area contributed by atoms with Crippen LogP contribution in [0.5, 0.6) is 0 Å². The number of carbonyl (C=O) groups excluding carboxylic acids is 2. The summed E-state index contributed by atoms with van der Waals surface area (Å²) in [6.07, 6.45) is 0.207. The van der Waals surface area contributed by atoms with Crippen LogP contribution in [0.2, 0.25) is 10.0 Å². The molecule has 0 saturated heterocycles. The van der Waals surface area contributed by atoms with E-state index in [4.69, 9.17) is 23.2 Å². The molecule has 2 rings (SSSR count). The molecule has 0 aliphatic heterocycles. The van der Waals surface area contributed by atoms with Crippen molar-refractivity contribution in [3.8, 4) is 0 Å². The van der Waals surface area contributed by atoms with Crippen molar-refractivity contribution in [2.45, 2.75) is 26.8 Å². The van der Waals surface area contributed by atoms with E-state index in [0.717, 1.165) is 11.1 Å². The molecule has 0 saturated carbocycles. The van der Waals surface area contributed by atoms with Crippen molar-refractivity contribution in [3.05, 3.63) is 63.6 Å². The van der Waals surface area contributed by atoms with Crippen molar-refractivity contribution in [1.82, 2.24) is 5.32 Å².